The van der Waals surface area contributed by atoms with Gasteiger partial charge in [-0.1, -0.05) is 24.3 Å². The molecule has 0 aliphatic carbocycles. The van der Waals surface area contributed by atoms with E-state index in [1.54, 1.807) is 45.0 Å². The normalized spacial score (nSPS) is 12.4. The number of rotatable bonds is 23. The first kappa shape index (κ1) is 56.3. The summed E-state index contributed by atoms with van der Waals surface area (Å²) in [6.07, 6.45) is -0.223. The van der Waals surface area contributed by atoms with Crippen LogP contribution in [0.5, 0.6) is 23.0 Å². The van der Waals surface area contributed by atoms with Gasteiger partial charge in [-0.2, -0.15) is 45.7 Å². The summed E-state index contributed by atoms with van der Waals surface area (Å²) in [7, 11) is -13.5. The number of hydrogen-bond donors (Lipinski definition) is 5. The van der Waals surface area contributed by atoms with Gasteiger partial charge in [0.05, 0.1) is 47.5 Å². The van der Waals surface area contributed by atoms with Gasteiger partial charge in [0.25, 0.3) is 36.8 Å². The van der Waals surface area contributed by atoms with Gasteiger partial charge in [0.2, 0.25) is 0 Å². The number of fused-ring (bicyclic) bond motifs is 1. The minimum atomic E-state index is -4.87. The standard InChI is InChI=1S/C51H49N9O14S3/c1-31-23-43(32(2)22-42(31)55-54-41-16-12-35-26-37(13-15-39(35)51(41)62)52-36-10-6-5-7-11-36)56-59-46-25-34(4)45(29-49(46)73-19-9-21-76(66,67)68)58-60-47-24-33(3)44(28-48(47)72-18-8-20-75(63,64)65)57-53-40-17-14-38(74-30-61)27-50(40)77(69,70)71/h5-7,10-17,22-30,52,62H,8-9,18-21H2,1-4H3,(H,63,64,65)(H,66,67,68)(H,69,70,71). The lowest BCUT2D eigenvalue weighted by Gasteiger charge is -2.12. The fourth-order valence-corrected chi connectivity index (χ4v) is 8.87. The Labute approximate surface area is 442 Å². The Morgan fingerprint density at radius 2 is 0.948 bits per heavy atom. The molecule has 0 aromatic heterocycles. The lowest BCUT2D eigenvalue weighted by molar-refractivity contribution is -0.120. The SMILES string of the molecule is Cc1cc(N=Nc2ccc3cc(Nc4ccccc4)ccc3c2O)c(C)cc1N=Nc1cc(C)c(N=Nc2cc(C)c(N=Nc3ccc(OC=O)cc3S(=O)(=O)O)cc2OCCCS(=O)(=O)O)cc1OCCCS(=O)(=O)O. The predicted octanol–water partition coefficient (Wildman–Crippen LogP) is 13.3. The van der Waals surface area contributed by atoms with Gasteiger partial charge in [0.1, 0.15) is 44.9 Å². The van der Waals surface area contributed by atoms with Crippen molar-refractivity contribution in [1.29, 1.82) is 0 Å². The maximum absolute atomic E-state index is 12.1. The van der Waals surface area contributed by atoms with Gasteiger partial charge < -0.3 is 24.6 Å². The maximum atomic E-state index is 12.1. The Kier molecular flexibility index (Phi) is 17.9. The molecule has 26 heteroatoms. The van der Waals surface area contributed by atoms with E-state index in [-0.39, 0.29) is 89.6 Å². The van der Waals surface area contributed by atoms with Gasteiger partial charge in [0, 0.05) is 35.0 Å². The Balaban J connectivity index is 1.16. The molecule has 400 valence electrons. The summed E-state index contributed by atoms with van der Waals surface area (Å²) in [6, 6.07) is 31.6. The van der Waals surface area contributed by atoms with Crippen molar-refractivity contribution in [2.75, 3.05) is 30.0 Å². The van der Waals surface area contributed by atoms with Crippen LogP contribution in [0.3, 0.4) is 0 Å². The predicted molar refractivity (Wildman–Crippen MR) is 286 cm³/mol. The minimum Gasteiger partial charge on any atom is -0.505 e. The van der Waals surface area contributed by atoms with Gasteiger partial charge in [-0.15, -0.1) is 20.5 Å². The largest absolute Gasteiger partial charge is 0.505 e. The lowest BCUT2D eigenvalue weighted by atomic mass is 10.1. The lowest BCUT2D eigenvalue weighted by Crippen LogP contribution is -2.08. The molecule has 0 aliphatic rings. The molecular weight excluding hydrogens is 1060 g/mol. The second kappa shape index (κ2) is 24.5. The van der Waals surface area contributed by atoms with Crippen LogP contribution in [0.1, 0.15) is 35.1 Å². The van der Waals surface area contributed by atoms with E-state index in [4.69, 9.17) is 9.47 Å². The highest BCUT2D eigenvalue weighted by Gasteiger charge is 2.19. The fourth-order valence-electron chi connectivity index (χ4n) is 7.27. The van der Waals surface area contributed by atoms with E-state index >= 15 is 0 Å². The van der Waals surface area contributed by atoms with Crippen LogP contribution in [-0.4, -0.2) is 75.2 Å². The molecule has 0 atom stereocenters. The number of benzene rings is 7. The fraction of sp³-hybridized carbons (Fsp3) is 0.196. The Morgan fingerprint density at radius 1 is 0.494 bits per heavy atom. The van der Waals surface area contributed by atoms with Gasteiger partial charge in [0.15, 0.2) is 5.75 Å². The molecule has 77 heavy (non-hydrogen) atoms. The Morgan fingerprint density at radius 3 is 1.44 bits per heavy atom. The van der Waals surface area contributed by atoms with Crippen LogP contribution in [0.25, 0.3) is 10.8 Å². The summed E-state index contributed by atoms with van der Waals surface area (Å²) in [4.78, 5) is 10.1. The third-order valence-corrected chi connectivity index (χ3v) is 13.7. The molecule has 7 aromatic carbocycles. The van der Waals surface area contributed by atoms with Crippen LogP contribution >= 0.6 is 0 Å². The molecule has 0 radical (unpaired) electrons. The maximum Gasteiger partial charge on any atom is 0.298 e. The first-order valence-electron chi connectivity index (χ1n) is 23.1. The van der Waals surface area contributed by atoms with Crippen molar-refractivity contribution in [2.45, 2.75) is 45.4 Å². The molecule has 0 aliphatic heterocycles. The van der Waals surface area contributed by atoms with Crippen LogP contribution in [0.2, 0.25) is 0 Å². The highest BCUT2D eigenvalue weighted by Crippen LogP contribution is 2.42. The monoisotopic (exact) mass is 1110 g/mol. The summed E-state index contributed by atoms with van der Waals surface area (Å²) < 4.78 is 115. The molecule has 5 N–H and O–H groups in total. The number of carbonyl (C=O) groups is 1. The first-order chi connectivity index (χ1) is 36.5. The van der Waals surface area contributed by atoms with Gasteiger partial charge in [-0.3, -0.25) is 18.5 Å². The van der Waals surface area contributed by atoms with Gasteiger partial charge in [-0.05, 0) is 141 Å². The zero-order valence-corrected chi connectivity index (χ0v) is 43.9. The minimum absolute atomic E-state index is 0.00875. The molecule has 0 spiro atoms. The number of phenols is 1. The molecule has 7 aromatic rings. The van der Waals surface area contributed by atoms with Crippen molar-refractivity contribution in [3.8, 4) is 23.0 Å². The summed E-state index contributed by atoms with van der Waals surface area (Å²) in [5.41, 5.74) is 5.72. The van der Waals surface area contributed by atoms with E-state index in [0.29, 0.717) is 39.0 Å². The van der Waals surface area contributed by atoms with Crippen molar-refractivity contribution >= 4 is 104 Å². The number of aryl methyl sites for hydroxylation is 4. The number of phenolic OH excluding ortho intramolecular Hbond substituents is 1. The smallest absolute Gasteiger partial charge is 0.298 e. The summed E-state index contributed by atoms with van der Waals surface area (Å²) in [5, 5.41) is 50.7. The average molecular weight is 1110 g/mol. The second-order valence-corrected chi connectivity index (χ2v) is 21.6. The highest BCUT2D eigenvalue weighted by atomic mass is 32.2. The molecule has 0 bridgehead atoms. The summed E-state index contributed by atoms with van der Waals surface area (Å²) >= 11 is 0. The molecule has 0 unspecified atom stereocenters. The molecule has 0 saturated carbocycles. The van der Waals surface area contributed by atoms with Crippen molar-refractivity contribution in [2.24, 2.45) is 40.9 Å². The van der Waals surface area contributed by atoms with E-state index in [0.717, 1.165) is 28.9 Å². The Hall–Kier alpha value is -8.40. The number of aromatic hydroxyl groups is 1. The molecule has 0 fully saturated rings. The van der Waals surface area contributed by atoms with Crippen LogP contribution in [-0.2, 0) is 35.1 Å². The quantitative estimate of drug-likeness (QED) is 0.0172. The zero-order chi connectivity index (χ0) is 55.5. The third-order valence-electron chi connectivity index (χ3n) is 11.2. The van der Waals surface area contributed by atoms with Crippen LogP contribution in [0.4, 0.5) is 56.9 Å². The van der Waals surface area contributed by atoms with Crippen molar-refractivity contribution in [3.05, 3.63) is 138 Å². The van der Waals surface area contributed by atoms with Gasteiger partial charge in [-0.25, -0.2) is 0 Å². The molecule has 23 nitrogen and oxygen atoms in total. The number of para-hydroxylation sites is 1. The number of nitrogens with one attached hydrogen (secondary N) is 1. The second-order valence-electron chi connectivity index (χ2n) is 17.1. The molecular formula is C51H49N9O14S3. The topological polar surface area (TPSA) is 339 Å². The molecule has 0 heterocycles. The first-order valence-corrected chi connectivity index (χ1v) is 27.7. The highest BCUT2D eigenvalue weighted by molar-refractivity contribution is 7.86. The van der Waals surface area contributed by atoms with Crippen molar-refractivity contribution < 1.29 is 63.0 Å². The van der Waals surface area contributed by atoms with E-state index < -0.39 is 46.8 Å². The third kappa shape index (κ3) is 15.8. The van der Waals surface area contributed by atoms with E-state index in [1.807, 2.05) is 61.5 Å². The average Bonchev–Trinajstić information content (AvgIpc) is 3.36. The molecule has 0 amide bonds. The number of ether oxygens (including phenoxy) is 3. The number of azo groups is 4. The van der Waals surface area contributed by atoms with Gasteiger partial charge >= 0.3 is 0 Å². The molecule has 7 rings (SSSR count). The van der Waals surface area contributed by atoms with E-state index in [1.165, 1.54) is 24.3 Å². The number of nitrogens with zero attached hydrogens (tertiary/aromatic N) is 8. The Bertz CT molecular complexity index is 3840. The van der Waals surface area contributed by atoms with Crippen molar-refractivity contribution in [3.63, 3.8) is 0 Å². The van der Waals surface area contributed by atoms with Crippen LogP contribution < -0.4 is 19.5 Å². The van der Waals surface area contributed by atoms with E-state index in [9.17, 15) is 48.8 Å². The summed E-state index contributed by atoms with van der Waals surface area (Å²) in [6.45, 7) is 6.61. The van der Waals surface area contributed by atoms with Crippen LogP contribution in [0, 0.1) is 27.7 Å². The molecule has 0 saturated heterocycles. The van der Waals surface area contributed by atoms with Crippen molar-refractivity contribution in [1.82, 2.24) is 0 Å². The summed E-state index contributed by atoms with van der Waals surface area (Å²) in [5.74, 6) is -1.29. The number of anilines is 2. The number of hydrogen-bond acceptors (Lipinski definition) is 20. The number of carbonyl (C=O) groups excluding carboxylic acids is 1. The zero-order valence-electron chi connectivity index (χ0n) is 41.5. The van der Waals surface area contributed by atoms with E-state index in [2.05, 4.69) is 51.0 Å². The van der Waals surface area contributed by atoms with Crippen LogP contribution in [0.15, 0.2) is 161 Å².